The van der Waals surface area contributed by atoms with Crippen molar-refractivity contribution >= 4 is 17.7 Å². The van der Waals surface area contributed by atoms with E-state index in [1.807, 2.05) is 49.1 Å². The first-order valence-electron chi connectivity index (χ1n) is 8.54. The first kappa shape index (κ1) is 16.7. The van der Waals surface area contributed by atoms with Gasteiger partial charge in [-0.05, 0) is 18.4 Å². The van der Waals surface area contributed by atoms with E-state index in [2.05, 4.69) is 0 Å². The van der Waals surface area contributed by atoms with Gasteiger partial charge in [-0.1, -0.05) is 44.2 Å². The summed E-state index contributed by atoms with van der Waals surface area (Å²) in [5.74, 6) is -0.598. The first-order valence-corrected chi connectivity index (χ1v) is 8.54. The monoisotopic (exact) mass is 328 g/mol. The maximum atomic E-state index is 12.9. The summed E-state index contributed by atoms with van der Waals surface area (Å²) in [7, 11) is 1.57. The highest BCUT2D eigenvalue weighted by molar-refractivity contribution is 6.09. The Balaban J connectivity index is 1.91. The summed E-state index contributed by atoms with van der Waals surface area (Å²) in [5.41, 5.74) is 0.185. The van der Waals surface area contributed by atoms with Gasteiger partial charge in [-0.3, -0.25) is 19.3 Å². The predicted octanol–water partition coefficient (Wildman–Crippen LogP) is 2.03. The first-order chi connectivity index (χ1) is 11.4. The fraction of sp³-hybridized carbons (Fsp3) is 0.526. The van der Waals surface area contributed by atoms with Gasteiger partial charge in [-0.2, -0.15) is 0 Å². The zero-order chi connectivity index (χ0) is 17.5. The highest BCUT2D eigenvalue weighted by Gasteiger charge is 2.59. The van der Waals surface area contributed by atoms with Gasteiger partial charge in [-0.15, -0.1) is 0 Å². The molecule has 24 heavy (non-hydrogen) atoms. The molecule has 5 nitrogen and oxygen atoms in total. The third kappa shape index (κ3) is 2.43. The van der Waals surface area contributed by atoms with E-state index in [4.69, 9.17) is 0 Å². The maximum Gasteiger partial charge on any atom is 0.237 e. The van der Waals surface area contributed by atoms with E-state index in [-0.39, 0.29) is 23.6 Å². The lowest BCUT2D eigenvalue weighted by Crippen LogP contribution is -2.48. The van der Waals surface area contributed by atoms with Crippen LogP contribution in [-0.4, -0.2) is 47.7 Å². The van der Waals surface area contributed by atoms with E-state index >= 15 is 0 Å². The van der Waals surface area contributed by atoms with E-state index in [1.54, 1.807) is 7.05 Å². The number of benzene rings is 1. The van der Waals surface area contributed by atoms with Crippen molar-refractivity contribution in [3.8, 4) is 0 Å². The molecule has 2 saturated heterocycles. The molecule has 0 aromatic heterocycles. The summed E-state index contributed by atoms with van der Waals surface area (Å²) in [6.07, 6.45) is 1.08. The van der Waals surface area contributed by atoms with Crippen molar-refractivity contribution < 1.29 is 14.4 Å². The van der Waals surface area contributed by atoms with Gasteiger partial charge in [-0.25, -0.2) is 0 Å². The molecule has 0 N–H and O–H groups in total. The number of carbonyl (C=O) groups is 3. The van der Waals surface area contributed by atoms with Gasteiger partial charge in [0.15, 0.2) is 0 Å². The van der Waals surface area contributed by atoms with Crippen LogP contribution >= 0.6 is 0 Å². The van der Waals surface area contributed by atoms with Crippen LogP contribution < -0.4 is 0 Å². The Morgan fingerprint density at radius 1 is 1.12 bits per heavy atom. The quantitative estimate of drug-likeness (QED) is 0.781. The number of hydrogen-bond acceptors (Lipinski definition) is 3. The van der Waals surface area contributed by atoms with E-state index in [1.165, 1.54) is 4.90 Å². The molecule has 0 radical (unpaired) electrons. The van der Waals surface area contributed by atoms with E-state index < -0.39 is 11.3 Å². The molecular weight excluding hydrogens is 304 g/mol. The van der Waals surface area contributed by atoms with Crippen LogP contribution in [0.3, 0.4) is 0 Å². The number of likely N-dealkylation sites (N-methyl/N-ethyl adjacent to an activating group) is 1. The van der Waals surface area contributed by atoms with Crippen molar-refractivity contribution in [1.82, 2.24) is 9.80 Å². The fourth-order valence-corrected chi connectivity index (χ4v) is 4.09. The largest absolute Gasteiger partial charge is 0.342 e. The second kappa shape index (κ2) is 6.04. The lowest BCUT2D eigenvalue weighted by atomic mass is 9.67. The molecule has 2 heterocycles. The van der Waals surface area contributed by atoms with Crippen molar-refractivity contribution in [3.05, 3.63) is 35.9 Å². The Kier molecular flexibility index (Phi) is 4.20. The average molecular weight is 328 g/mol. The minimum Gasteiger partial charge on any atom is -0.342 e. The number of carbonyl (C=O) groups excluding carboxylic acids is 3. The minimum absolute atomic E-state index is 0.0486. The SMILES string of the molecule is CC(C)C(=O)N1CCC2(CC1)C(=O)N(C)C(=O)C2c1ccccc1. The van der Waals surface area contributed by atoms with Gasteiger partial charge in [0.05, 0.1) is 11.3 Å². The second-order valence-corrected chi connectivity index (χ2v) is 7.18. The number of hydrogen-bond donors (Lipinski definition) is 0. The molecule has 1 atom stereocenters. The third-order valence-electron chi connectivity index (χ3n) is 5.45. The van der Waals surface area contributed by atoms with Crippen LogP contribution in [-0.2, 0) is 14.4 Å². The summed E-state index contributed by atoms with van der Waals surface area (Å²) in [6.45, 7) is 4.84. The van der Waals surface area contributed by atoms with Crippen molar-refractivity contribution in [1.29, 1.82) is 0 Å². The van der Waals surface area contributed by atoms with Crippen LogP contribution in [0.1, 0.15) is 38.2 Å². The fourth-order valence-electron chi connectivity index (χ4n) is 4.09. The smallest absolute Gasteiger partial charge is 0.237 e. The Bertz CT molecular complexity index is 660. The number of imide groups is 1. The minimum atomic E-state index is -0.707. The summed E-state index contributed by atoms with van der Waals surface area (Å²) < 4.78 is 0. The molecule has 0 aliphatic carbocycles. The van der Waals surface area contributed by atoms with Gasteiger partial charge < -0.3 is 4.90 Å². The van der Waals surface area contributed by atoms with Gasteiger partial charge in [0.2, 0.25) is 17.7 Å². The van der Waals surface area contributed by atoms with E-state index in [0.29, 0.717) is 25.9 Å². The van der Waals surface area contributed by atoms with Crippen LogP contribution in [0.5, 0.6) is 0 Å². The standard InChI is InChI=1S/C19H24N2O3/c1-13(2)16(22)21-11-9-19(10-12-21)15(14-7-5-4-6-8-14)17(23)20(3)18(19)24/h4-8,13,15H,9-12H2,1-3H3. The van der Waals surface area contributed by atoms with Crippen molar-refractivity contribution in [2.45, 2.75) is 32.6 Å². The highest BCUT2D eigenvalue weighted by atomic mass is 16.2. The molecule has 1 aromatic carbocycles. The number of nitrogens with zero attached hydrogens (tertiary/aromatic N) is 2. The molecule has 3 amide bonds. The second-order valence-electron chi connectivity index (χ2n) is 7.18. The topological polar surface area (TPSA) is 57.7 Å². The third-order valence-corrected chi connectivity index (χ3v) is 5.45. The van der Waals surface area contributed by atoms with Crippen molar-refractivity contribution in [2.75, 3.05) is 20.1 Å². The van der Waals surface area contributed by atoms with Crippen LogP contribution in [0.2, 0.25) is 0 Å². The molecule has 3 rings (SSSR count). The lowest BCUT2D eigenvalue weighted by molar-refractivity contribution is -0.145. The molecular formula is C19H24N2O3. The molecule has 128 valence electrons. The molecule has 1 aromatic rings. The van der Waals surface area contributed by atoms with Gasteiger partial charge >= 0.3 is 0 Å². The highest BCUT2D eigenvalue weighted by Crippen LogP contribution is 2.51. The van der Waals surface area contributed by atoms with Crippen molar-refractivity contribution in [2.24, 2.45) is 11.3 Å². The van der Waals surface area contributed by atoms with Gasteiger partial charge in [0, 0.05) is 26.1 Å². The Hall–Kier alpha value is -2.17. The molecule has 2 aliphatic heterocycles. The molecule has 2 aliphatic rings. The summed E-state index contributed by atoms with van der Waals surface area (Å²) in [6, 6.07) is 9.54. The average Bonchev–Trinajstić information content (AvgIpc) is 2.77. The molecule has 0 saturated carbocycles. The van der Waals surface area contributed by atoms with E-state index in [9.17, 15) is 14.4 Å². The summed E-state index contributed by atoms with van der Waals surface area (Å²) in [5, 5.41) is 0. The van der Waals surface area contributed by atoms with E-state index in [0.717, 1.165) is 5.56 Å². The molecule has 2 fully saturated rings. The predicted molar refractivity (Wildman–Crippen MR) is 90.0 cm³/mol. The van der Waals surface area contributed by atoms with Crippen LogP contribution in [0.25, 0.3) is 0 Å². The number of likely N-dealkylation sites (tertiary alicyclic amines) is 2. The summed E-state index contributed by atoms with van der Waals surface area (Å²) >= 11 is 0. The lowest BCUT2D eigenvalue weighted by Gasteiger charge is -2.40. The van der Waals surface area contributed by atoms with Crippen LogP contribution in [0.4, 0.5) is 0 Å². The number of rotatable bonds is 2. The molecule has 0 bridgehead atoms. The van der Waals surface area contributed by atoms with Gasteiger partial charge in [0.25, 0.3) is 0 Å². The Morgan fingerprint density at radius 3 is 2.25 bits per heavy atom. The Labute approximate surface area is 142 Å². The number of piperidine rings is 1. The Morgan fingerprint density at radius 2 is 1.71 bits per heavy atom. The molecule has 5 heteroatoms. The van der Waals surface area contributed by atoms with Crippen LogP contribution in [0, 0.1) is 11.3 Å². The summed E-state index contributed by atoms with van der Waals surface area (Å²) in [4.78, 5) is 41.0. The van der Waals surface area contributed by atoms with Crippen molar-refractivity contribution in [3.63, 3.8) is 0 Å². The zero-order valence-electron chi connectivity index (χ0n) is 14.5. The normalized spacial score (nSPS) is 23.4. The number of amides is 3. The van der Waals surface area contributed by atoms with Crippen LogP contribution in [0.15, 0.2) is 30.3 Å². The molecule has 1 spiro atoms. The zero-order valence-corrected chi connectivity index (χ0v) is 14.5. The molecule has 1 unspecified atom stereocenters. The van der Waals surface area contributed by atoms with Gasteiger partial charge in [0.1, 0.15) is 0 Å². The maximum absolute atomic E-state index is 12.9.